The smallest absolute Gasteiger partial charge is 0.241 e. The summed E-state index contributed by atoms with van der Waals surface area (Å²) in [6, 6.07) is 11.1. The van der Waals surface area contributed by atoms with Crippen molar-refractivity contribution < 1.29 is 13.2 Å². The van der Waals surface area contributed by atoms with Crippen molar-refractivity contribution in [3.8, 4) is 0 Å². The highest BCUT2D eigenvalue weighted by Crippen LogP contribution is 2.26. The molecule has 0 bridgehead atoms. The van der Waals surface area contributed by atoms with Crippen molar-refractivity contribution in [2.45, 2.75) is 30.7 Å². The van der Waals surface area contributed by atoms with Crippen molar-refractivity contribution in [1.29, 1.82) is 0 Å². The minimum absolute atomic E-state index is 0.0381. The fourth-order valence-electron chi connectivity index (χ4n) is 2.75. The maximum Gasteiger partial charge on any atom is 0.241 e. The fraction of sp³-hybridized carbons (Fsp3) is 0.375. The summed E-state index contributed by atoms with van der Waals surface area (Å²) in [7, 11) is -3.51. The van der Waals surface area contributed by atoms with Crippen LogP contribution in [0.4, 0.5) is 0 Å². The van der Waals surface area contributed by atoms with Gasteiger partial charge in [0.1, 0.15) is 0 Å². The Kier molecular flexibility index (Phi) is 3.97. The Morgan fingerprint density at radius 2 is 1.71 bits per heavy atom. The van der Waals surface area contributed by atoms with Crippen LogP contribution in [0.2, 0.25) is 0 Å². The lowest BCUT2D eigenvalue weighted by Gasteiger charge is -2.23. The second kappa shape index (κ2) is 5.75. The number of rotatable bonds is 3. The standard InChI is InChI=1S/C16H19NO3S/c1-12-6-7-16(15-5-3-2-4-14(12)15)21(18,19)17-13-8-10-20-11-9-13/h2-7,13,17H,8-11H2,1H3. The van der Waals surface area contributed by atoms with Crippen LogP contribution in [-0.2, 0) is 14.8 Å². The van der Waals surface area contributed by atoms with Crippen LogP contribution in [0.25, 0.3) is 10.8 Å². The highest BCUT2D eigenvalue weighted by Gasteiger charge is 2.23. The normalized spacial score (nSPS) is 17.2. The maximum atomic E-state index is 12.7. The molecule has 2 aromatic carbocycles. The van der Waals surface area contributed by atoms with Crippen molar-refractivity contribution in [2.75, 3.05) is 13.2 Å². The zero-order valence-corrected chi connectivity index (χ0v) is 12.8. The van der Waals surface area contributed by atoms with Gasteiger partial charge in [-0.25, -0.2) is 13.1 Å². The van der Waals surface area contributed by atoms with Crippen molar-refractivity contribution in [3.63, 3.8) is 0 Å². The van der Waals surface area contributed by atoms with E-state index in [0.717, 1.165) is 29.2 Å². The summed E-state index contributed by atoms with van der Waals surface area (Å²) < 4.78 is 33.4. The van der Waals surface area contributed by atoms with Crippen molar-refractivity contribution in [1.82, 2.24) is 4.72 Å². The number of benzene rings is 2. The van der Waals surface area contributed by atoms with Crippen LogP contribution >= 0.6 is 0 Å². The summed E-state index contributed by atoms with van der Waals surface area (Å²) >= 11 is 0. The van der Waals surface area contributed by atoms with E-state index in [1.165, 1.54) is 0 Å². The first kappa shape index (κ1) is 14.5. The number of fused-ring (bicyclic) bond motifs is 1. The third-order valence-corrected chi connectivity index (χ3v) is 5.51. The molecule has 0 aliphatic carbocycles. The first-order chi connectivity index (χ1) is 10.1. The molecule has 0 unspecified atom stereocenters. The van der Waals surface area contributed by atoms with Gasteiger partial charge in [0.15, 0.2) is 0 Å². The Morgan fingerprint density at radius 3 is 2.43 bits per heavy atom. The number of aryl methyl sites for hydroxylation is 1. The number of nitrogens with one attached hydrogen (secondary N) is 1. The topological polar surface area (TPSA) is 55.4 Å². The molecule has 1 saturated heterocycles. The number of hydrogen-bond acceptors (Lipinski definition) is 3. The maximum absolute atomic E-state index is 12.7. The predicted molar refractivity (Wildman–Crippen MR) is 82.8 cm³/mol. The molecule has 1 fully saturated rings. The molecular weight excluding hydrogens is 286 g/mol. The fourth-order valence-corrected chi connectivity index (χ4v) is 4.27. The van der Waals surface area contributed by atoms with Crippen LogP contribution in [0, 0.1) is 6.92 Å². The van der Waals surface area contributed by atoms with Gasteiger partial charge in [-0.1, -0.05) is 30.3 Å². The first-order valence-electron chi connectivity index (χ1n) is 7.16. The average Bonchev–Trinajstić information content (AvgIpc) is 2.48. The van der Waals surface area contributed by atoms with Crippen LogP contribution in [0.5, 0.6) is 0 Å². The zero-order chi connectivity index (χ0) is 14.9. The molecule has 0 aromatic heterocycles. The van der Waals surface area contributed by atoms with Crippen molar-refractivity contribution in [2.24, 2.45) is 0 Å². The Labute approximate surface area is 125 Å². The highest BCUT2D eigenvalue weighted by molar-refractivity contribution is 7.89. The van der Waals surface area contributed by atoms with Crippen LogP contribution < -0.4 is 4.72 Å². The van der Waals surface area contributed by atoms with Crippen LogP contribution in [-0.4, -0.2) is 27.7 Å². The van der Waals surface area contributed by atoms with Gasteiger partial charge in [0.05, 0.1) is 4.90 Å². The average molecular weight is 305 g/mol. The summed E-state index contributed by atoms with van der Waals surface area (Å²) in [6.07, 6.45) is 1.45. The molecule has 1 aliphatic heterocycles. The summed E-state index contributed by atoms with van der Waals surface area (Å²) in [5.74, 6) is 0. The third kappa shape index (κ3) is 2.95. The van der Waals surface area contributed by atoms with Gasteiger partial charge >= 0.3 is 0 Å². The Morgan fingerprint density at radius 1 is 1.05 bits per heavy atom. The molecule has 1 N–H and O–H groups in total. The lowest BCUT2D eigenvalue weighted by molar-refractivity contribution is 0.0832. The van der Waals surface area contributed by atoms with E-state index in [1.54, 1.807) is 6.07 Å². The van der Waals surface area contributed by atoms with E-state index in [0.29, 0.717) is 18.1 Å². The molecule has 1 heterocycles. The Balaban J connectivity index is 2.00. The largest absolute Gasteiger partial charge is 0.381 e. The highest BCUT2D eigenvalue weighted by atomic mass is 32.2. The van der Waals surface area contributed by atoms with E-state index in [4.69, 9.17) is 4.74 Å². The second-order valence-electron chi connectivity index (χ2n) is 5.43. The quantitative estimate of drug-likeness (QED) is 0.948. The van der Waals surface area contributed by atoms with E-state index in [-0.39, 0.29) is 6.04 Å². The molecule has 0 radical (unpaired) electrons. The van der Waals surface area contributed by atoms with Gasteiger partial charge in [0, 0.05) is 24.6 Å². The lowest BCUT2D eigenvalue weighted by Crippen LogP contribution is -2.38. The molecule has 0 saturated carbocycles. The third-order valence-electron chi connectivity index (χ3n) is 3.93. The number of sulfonamides is 1. The van der Waals surface area contributed by atoms with Gasteiger partial charge in [-0.15, -0.1) is 0 Å². The van der Waals surface area contributed by atoms with E-state index in [2.05, 4.69) is 4.72 Å². The van der Waals surface area contributed by atoms with E-state index in [9.17, 15) is 8.42 Å². The molecular formula is C16H19NO3S. The Bertz CT molecular complexity index is 749. The van der Waals surface area contributed by atoms with Gasteiger partial charge in [0.2, 0.25) is 10.0 Å². The monoisotopic (exact) mass is 305 g/mol. The molecule has 112 valence electrons. The number of ether oxygens (including phenoxy) is 1. The van der Waals surface area contributed by atoms with Gasteiger partial charge in [-0.2, -0.15) is 0 Å². The van der Waals surface area contributed by atoms with Crippen molar-refractivity contribution >= 4 is 20.8 Å². The van der Waals surface area contributed by atoms with E-state index < -0.39 is 10.0 Å². The van der Waals surface area contributed by atoms with Gasteiger partial charge in [-0.3, -0.25) is 0 Å². The van der Waals surface area contributed by atoms with Crippen LogP contribution in [0.3, 0.4) is 0 Å². The Hall–Kier alpha value is -1.43. The molecule has 1 aliphatic rings. The molecule has 21 heavy (non-hydrogen) atoms. The number of hydrogen-bond donors (Lipinski definition) is 1. The molecule has 2 aromatic rings. The summed E-state index contributed by atoms with van der Waals surface area (Å²) in [4.78, 5) is 0.357. The molecule has 3 rings (SSSR count). The second-order valence-corrected chi connectivity index (χ2v) is 7.12. The minimum atomic E-state index is -3.51. The minimum Gasteiger partial charge on any atom is -0.381 e. The molecule has 4 nitrogen and oxygen atoms in total. The summed E-state index contributed by atoms with van der Waals surface area (Å²) in [6.45, 7) is 3.22. The van der Waals surface area contributed by atoms with Gasteiger partial charge in [0.25, 0.3) is 0 Å². The zero-order valence-electron chi connectivity index (χ0n) is 12.0. The van der Waals surface area contributed by atoms with Gasteiger partial charge < -0.3 is 4.74 Å². The molecule has 0 atom stereocenters. The molecule has 0 spiro atoms. The molecule has 5 heteroatoms. The van der Waals surface area contributed by atoms with E-state index in [1.807, 2.05) is 37.3 Å². The van der Waals surface area contributed by atoms with E-state index >= 15 is 0 Å². The SMILES string of the molecule is Cc1ccc(S(=O)(=O)NC2CCOCC2)c2ccccc12. The van der Waals surface area contributed by atoms with Crippen LogP contribution in [0.15, 0.2) is 41.3 Å². The lowest BCUT2D eigenvalue weighted by atomic mass is 10.1. The van der Waals surface area contributed by atoms with Gasteiger partial charge in [-0.05, 0) is 36.8 Å². The summed E-state index contributed by atoms with van der Waals surface area (Å²) in [5, 5.41) is 1.75. The van der Waals surface area contributed by atoms with Crippen molar-refractivity contribution in [3.05, 3.63) is 42.0 Å². The molecule has 0 amide bonds. The first-order valence-corrected chi connectivity index (χ1v) is 8.65. The van der Waals surface area contributed by atoms with Crippen LogP contribution in [0.1, 0.15) is 18.4 Å². The summed E-state index contributed by atoms with van der Waals surface area (Å²) in [5.41, 5.74) is 1.08. The predicted octanol–water partition coefficient (Wildman–Crippen LogP) is 2.61.